The van der Waals surface area contributed by atoms with Crippen LogP contribution in [0, 0.1) is 5.82 Å². The number of halogens is 2. The van der Waals surface area contributed by atoms with Gasteiger partial charge in [-0.15, -0.1) is 0 Å². The molecule has 0 radical (unpaired) electrons. The summed E-state index contributed by atoms with van der Waals surface area (Å²) < 4.78 is 14.5. The van der Waals surface area contributed by atoms with Crippen LogP contribution in [0.1, 0.15) is 5.56 Å². The van der Waals surface area contributed by atoms with Crippen LogP contribution in [0.2, 0.25) is 0 Å². The van der Waals surface area contributed by atoms with E-state index in [1.165, 1.54) is 0 Å². The summed E-state index contributed by atoms with van der Waals surface area (Å²) in [7, 11) is 1.69. The summed E-state index contributed by atoms with van der Waals surface area (Å²) in [4.78, 5) is 7.79. The third-order valence-corrected chi connectivity index (χ3v) is 2.87. The molecule has 18 heavy (non-hydrogen) atoms. The van der Waals surface area contributed by atoms with Crippen molar-refractivity contribution in [3.8, 4) is 0 Å². The Balaban J connectivity index is 2.07. The van der Waals surface area contributed by atoms with Crippen molar-refractivity contribution in [2.75, 3.05) is 17.7 Å². The number of aromatic nitrogens is 2. The fraction of sp³-hybridized carbons (Fsp3) is 0.167. The molecule has 2 N–H and O–H groups in total. The highest BCUT2D eigenvalue weighted by molar-refractivity contribution is 9.10. The van der Waals surface area contributed by atoms with Gasteiger partial charge in [-0.3, -0.25) is 0 Å². The van der Waals surface area contributed by atoms with Gasteiger partial charge in [0.1, 0.15) is 0 Å². The molecule has 0 aliphatic carbocycles. The quantitative estimate of drug-likeness (QED) is 0.911. The zero-order valence-corrected chi connectivity index (χ0v) is 11.3. The van der Waals surface area contributed by atoms with Crippen LogP contribution in [-0.2, 0) is 6.54 Å². The lowest BCUT2D eigenvalue weighted by molar-refractivity contribution is 0.617. The van der Waals surface area contributed by atoms with Crippen molar-refractivity contribution in [3.63, 3.8) is 0 Å². The first-order valence-corrected chi connectivity index (χ1v) is 6.17. The molecule has 1 heterocycles. The largest absolute Gasteiger partial charge is 0.363 e. The number of nitrogens with one attached hydrogen (secondary N) is 2. The predicted octanol–water partition coefficient (Wildman–Crippen LogP) is 3.03. The molecule has 0 aliphatic rings. The van der Waals surface area contributed by atoms with Crippen LogP contribution in [0.15, 0.2) is 34.9 Å². The van der Waals surface area contributed by atoms with Gasteiger partial charge in [0.25, 0.3) is 0 Å². The van der Waals surface area contributed by atoms with Crippen LogP contribution in [0.3, 0.4) is 0 Å². The van der Waals surface area contributed by atoms with E-state index in [0.717, 1.165) is 16.2 Å². The van der Waals surface area contributed by atoms with Crippen LogP contribution < -0.4 is 10.6 Å². The molecule has 0 saturated carbocycles. The molecule has 0 amide bonds. The first-order valence-electron chi connectivity index (χ1n) is 5.37. The Bertz CT molecular complexity index is 530. The highest BCUT2D eigenvalue weighted by atomic mass is 79.9. The molecule has 6 heteroatoms. The van der Waals surface area contributed by atoms with E-state index in [1.54, 1.807) is 7.05 Å². The molecule has 2 rings (SSSR count). The van der Waals surface area contributed by atoms with Crippen LogP contribution in [0.25, 0.3) is 0 Å². The second-order valence-corrected chi connectivity index (χ2v) is 4.54. The Morgan fingerprint density at radius 3 is 2.67 bits per heavy atom. The molecule has 1 aromatic carbocycles. The summed E-state index contributed by atoms with van der Waals surface area (Å²) in [5.41, 5.74) is 1.04. The Hall–Kier alpha value is -1.69. The lowest BCUT2D eigenvalue weighted by Crippen LogP contribution is -2.06. The zero-order chi connectivity index (χ0) is 13.0. The van der Waals surface area contributed by atoms with Crippen LogP contribution in [0.5, 0.6) is 0 Å². The van der Waals surface area contributed by atoms with Gasteiger partial charge in [0.15, 0.2) is 11.6 Å². The minimum atomic E-state index is -0.467. The lowest BCUT2D eigenvalue weighted by Gasteiger charge is -2.08. The minimum absolute atomic E-state index is 0.192. The van der Waals surface area contributed by atoms with Crippen LogP contribution in [0.4, 0.5) is 16.2 Å². The van der Waals surface area contributed by atoms with Gasteiger partial charge in [-0.05, 0) is 17.7 Å². The summed E-state index contributed by atoms with van der Waals surface area (Å²) in [6, 6.07) is 7.78. The summed E-state index contributed by atoms with van der Waals surface area (Å²) in [5, 5.41) is 5.71. The third kappa shape index (κ3) is 3.16. The van der Waals surface area contributed by atoms with Crippen LogP contribution in [-0.4, -0.2) is 17.0 Å². The second-order valence-electron chi connectivity index (χ2n) is 3.62. The van der Waals surface area contributed by atoms with Crippen molar-refractivity contribution in [2.24, 2.45) is 0 Å². The first kappa shape index (κ1) is 12.8. The normalized spacial score (nSPS) is 10.2. The van der Waals surface area contributed by atoms with E-state index in [2.05, 4.69) is 36.5 Å². The maximum atomic E-state index is 13.5. The molecule has 0 spiro atoms. The number of nitrogens with zero attached hydrogens (tertiary/aromatic N) is 2. The van der Waals surface area contributed by atoms with E-state index in [1.807, 2.05) is 24.3 Å². The second kappa shape index (κ2) is 5.77. The van der Waals surface area contributed by atoms with E-state index in [-0.39, 0.29) is 5.82 Å². The average molecular weight is 311 g/mol. The van der Waals surface area contributed by atoms with Gasteiger partial charge in [0.2, 0.25) is 5.95 Å². The molecule has 0 saturated heterocycles. The van der Waals surface area contributed by atoms with Crippen LogP contribution >= 0.6 is 15.9 Å². The fourth-order valence-corrected chi connectivity index (χ4v) is 1.66. The van der Waals surface area contributed by atoms with Crippen molar-refractivity contribution in [2.45, 2.75) is 6.54 Å². The summed E-state index contributed by atoms with van der Waals surface area (Å²) >= 11 is 3.36. The molecular formula is C12H12BrFN4. The summed E-state index contributed by atoms with van der Waals surface area (Å²) in [5.74, 6) is 0.109. The number of benzene rings is 1. The topological polar surface area (TPSA) is 49.8 Å². The average Bonchev–Trinajstić information content (AvgIpc) is 2.40. The standard InChI is InChI=1S/C12H12BrFN4/c1-15-12-17-7-10(14)11(18-12)16-6-8-2-4-9(13)5-3-8/h2-5,7H,6H2,1H3,(H2,15,16,17,18). The summed E-state index contributed by atoms with van der Waals surface area (Å²) in [6.45, 7) is 0.504. The van der Waals surface area contributed by atoms with Gasteiger partial charge >= 0.3 is 0 Å². The maximum Gasteiger partial charge on any atom is 0.224 e. The van der Waals surface area contributed by atoms with Gasteiger partial charge in [-0.25, -0.2) is 9.37 Å². The molecule has 0 fully saturated rings. The Labute approximate surface area is 113 Å². The number of hydrogen-bond acceptors (Lipinski definition) is 4. The highest BCUT2D eigenvalue weighted by Gasteiger charge is 2.05. The number of rotatable bonds is 4. The van der Waals surface area contributed by atoms with Crippen molar-refractivity contribution >= 4 is 27.7 Å². The Morgan fingerprint density at radius 2 is 2.00 bits per heavy atom. The van der Waals surface area contributed by atoms with Crippen molar-refractivity contribution in [3.05, 3.63) is 46.3 Å². The number of hydrogen-bond donors (Lipinski definition) is 2. The van der Waals surface area contributed by atoms with Crippen molar-refractivity contribution < 1.29 is 4.39 Å². The third-order valence-electron chi connectivity index (χ3n) is 2.34. The highest BCUT2D eigenvalue weighted by Crippen LogP contribution is 2.14. The molecule has 94 valence electrons. The van der Waals surface area contributed by atoms with Crippen molar-refractivity contribution in [1.29, 1.82) is 0 Å². The van der Waals surface area contributed by atoms with Gasteiger partial charge in [-0.2, -0.15) is 4.98 Å². The van der Waals surface area contributed by atoms with Gasteiger partial charge < -0.3 is 10.6 Å². The maximum absolute atomic E-state index is 13.5. The van der Waals surface area contributed by atoms with E-state index in [4.69, 9.17) is 0 Å². The molecule has 4 nitrogen and oxygen atoms in total. The van der Waals surface area contributed by atoms with E-state index in [9.17, 15) is 4.39 Å². The van der Waals surface area contributed by atoms with E-state index >= 15 is 0 Å². The minimum Gasteiger partial charge on any atom is -0.363 e. The van der Waals surface area contributed by atoms with E-state index in [0.29, 0.717) is 12.5 Å². The monoisotopic (exact) mass is 310 g/mol. The van der Waals surface area contributed by atoms with Gasteiger partial charge in [0, 0.05) is 18.1 Å². The molecule has 2 aromatic rings. The SMILES string of the molecule is CNc1ncc(F)c(NCc2ccc(Br)cc2)n1. The molecule has 0 atom stereocenters. The Morgan fingerprint density at radius 1 is 1.28 bits per heavy atom. The van der Waals surface area contributed by atoms with Gasteiger partial charge in [0.05, 0.1) is 6.20 Å². The molecule has 0 bridgehead atoms. The van der Waals surface area contributed by atoms with Crippen molar-refractivity contribution in [1.82, 2.24) is 9.97 Å². The first-order chi connectivity index (χ1) is 8.69. The smallest absolute Gasteiger partial charge is 0.224 e. The molecular weight excluding hydrogens is 299 g/mol. The zero-order valence-electron chi connectivity index (χ0n) is 9.74. The van der Waals surface area contributed by atoms with Gasteiger partial charge in [-0.1, -0.05) is 28.1 Å². The molecule has 1 aromatic heterocycles. The Kier molecular flexibility index (Phi) is 4.09. The lowest BCUT2D eigenvalue weighted by atomic mass is 10.2. The fourth-order valence-electron chi connectivity index (χ4n) is 1.40. The number of anilines is 2. The molecule has 0 aliphatic heterocycles. The van der Waals surface area contributed by atoms with E-state index < -0.39 is 5.82 Å². The molecule has 0 unspecified atom stereocenters. The predicted molar refractivity (Wildman–Crippen MR) is 73.0 cm³/mol. The summed E-state index contributed by atoms with van der Waals surface area (Å²) in [6.07, 6.45) is 1.14.